The van der Waals surface area contributed by atoms with E-state index in [0.717, 1.165) is 11.1 Å². The van der Waals surface area contributed by atoms with Crippen molar-refractivity contribution in [3.05, 3.63) is 48.5 Å². The highest BCUT2D eigenvalue weighted by molar-refractivity contribution is 5.94. The van der Waals surface area contributed by atoms with E-state index in [1.54, 1.807) is 24.5 Å². The van der Waals surface area contributed by atoms with Crippen molar-refractivity contribution in [3.8, 4) is 11.1 Å². The Balaban J connectivity index is 1.82. The molecule has 2 amide bonds. The second-order valence-electron chi connectivity index (χ2n) is 4.74. The van der Waals surface area contributed by atoms with E-state index in [1.165, 1.54) is 13.4 Å². The first kappa shape index (κ1) is 16.6. The van der Waals surface area contributed by atoms with E-state index in [-0.39, 0.29) is 18.4 Å². The fourth-order valence-electron chi connectivity index (χ4n) is 1.92. The van der Waals surface area contributed by atoms with Crippen molar-refractivity contribution in [1.82, 2.24) is 20.6 Å². The maximum atomic E-state index is 12.0. The third kappa shape index (κ3) is 5.15. The standard InChI is InChI=1S/C16H18N4O3/c1-23-10-15(21)19-6-7-20-16(22)13-4-2-12(3-5-13)14-8-17-11-18-9-14/h2-5,8-9,11H,6-7,10H2,1H3,(H,19,21)(H,20,22). The van der Waals surface area contributed by atoms with Gasteiger partial charge in [-0.3, -0.25) is 9.59 Å². The van der Waals surface area contributed by atoms with Crippen LogP contribution in [0.15, 0.2) is 43.0 Å². The molecule has 0 atom stereocenters. The van der Waals surface area contributed by atoms with Crippen molar-refractivity contribution in [3.63, 3.8) is 0 Å². The van der Waals surface area contributed by atoms with Gasteiger partial charge in [0.1, 0.15) is 12.9 Å². The van der Waals surface area contributed by atoms with Crippen LogP contribution in [-0.2, 0) is 9.53 Å². The molecule has 2 rings (SSSR count). The number of nitrogens with zero attached hydrogens (tertiary/aromatic N) is 2. The Morgan fingerprint density at radius 2 is 1.65 bits per heavy atom. The van der Waals surface area contributed by atoms with Crippen LogP contribution in [0, 0.1) is 0 Å². The lowest BCUT2D eigenvalue weighted by molar-refractivity contribution is -0.124. The number of rotatable bonds is 7. The lowest BCUT2D eigenvalue weighted by atomic mass is 10.1. The van der Waals surface area contributed by atoms with E-state index in [0.29, 0.717) is 18.7 Å². The molecule has 2 aromatic rings. The van der Waals surface area contributed by atoms with Crippen molar-refractivity contribution in [2.45, 2.75) is 0 Å². The van der Waals surface area contributed by atoms with Crippen LogP contribution in [0.5, 0.6) is 0 Å². The number of aromatic nitrogens is 2. The predicted molar refractivity (Wildman–Crippen MR) is 84.7 cm³/mol. The smallest absolute Gasteiger partial charge is 0.251 e. The monoisotopic (exact) mass is 314 g/mol. The molecule has 23 heavy (non-hydrogen) atoms. The molecule has 1 aromatic carbocycles. The minimum absolute atomic E-state index is 0.0125. The van der Waals surface area contributed by atoms with Crippen molar-refractivity contribution < 1.29 is 14.3 Å². The normalized spacial score (nSPS) is 10.1. The summed E-state index contributed by atoms with van der Waals surface area (Å²) in [6, 6.07) is 7.16. The van der Waals surface area contributed by atoms with Gasteiger partial charge < -0.3 is 15.4 Å². The summed E-state index contributed by atoms with van der Waals surface area (Å²) >= 11 is 0. The molecule has 1 heterocycles. The molecule has 0 spiro atoms. The van der Waals surface area contributed by atoms with E-state index >= 15 is 0 Å². The first-order valence-corrected chi connectivity index (χ1v) is 7.10. The van der Waals surface area contributed by atoms with Gasteiger partial charge in [-0.1, -0.05) is 12.1 Å². The van der Waals surface area contributed by atoms with Crippen LogP contribution in [0.2, 0.25) is 0 Å². The van der Waals surface area contributed by atoms with Gasteiger partial charge in [-0.2, -0.15) is 0 Å². The number of carbonyl (C=O) groups is 2. The molecule has 2 N–H and O–H groups in total. The fourth-order valence-corrected chi connectivity index (χ4v) is 1.92. The zero-order valence-electron chi connectivity index (χ0n) is 12.8. The second-order valence-corrected chi connectivity index (χ2v) is 4.74. The van der Waals surface area contributed by atoms with Crippen LogP contribution in [0.3, 0.4) is 0 Å². The highest BCUT2D eigenvalue weighted by Gasteiger charge is 2.06. The summed E-state index contributed by atoms with van der Waals surface area (Å²) in [5.41, 5.74) is 2.38. The first-order valence-electron chi connectivity index (χ1n) is 7.10. The molecule has 0 radical (unpaired) electrons. The van der Waals surface area contributed by atoms with Crippen LogP contribution < -0.4 is 10.6 Å². The summed E-state index contributed by atoms with van der Waals surface area (Å²) in [5, 5.41) is 5.36. The highest BCUT2D eigenvalue weighted by atomic mass is 16.5. The Morgan fingerprint density at radius 1 is 1.00 bits per heavy atom. The lowest BCUT2D eigenvalue weighted by Gasteiger charge is -2.07. The van der Waals surface area contributed by atoms with Crippen LogP contribution >= 0.6 is 0 Å². The average Bonchev–Trinajstić information content (AvgIpc) is 2.60. The Morgan fingerprint density at radius 3 is 2.30 bits per heavy atom. The lowest BCUT2D eigenvalue weighted by Crippen LogP contribution is -2.36. The molecule has 0 unspecified atom stereocenters. The van der Waals surface area contributed by atoms with Gasteiger partial charge >= 0.3 is 0 Å². The van der Waals surface area contributed by atoms with Gasteiger partial charge in [-0.15, -0.1) is 0 Å². The quantitative estimate of drug-likeness (QED) is 0.731. The third-order valence-corrected chi connectivity index (χ3v) is 3.05. The number of amides is 2. The van der Waals surface area contributed by atoms with Gasteiger partial charge in [0, 0.05) is 43.7 Å². The van der Waals surface area contributed by atoms with Crippen LogP contribution in [-0.4, -0.2) is 48.6 Å². The van der Waals surface area contributed by atoms with Crippen molar-refractivity contribution in [2.24, 2.45) is 0 Å². The first-order chi connectivity index (χ1) is 11.2. The molecule has 1 aromatic heterocycles. The molecule has 0 aliphatic rings. The van der Waals surface area contributed by atoms with E-state index in [9.17, 15) is 9.59 Å². The molecule has 0 saturated heterocycles. The summed E-state index contributed by atoms with van der Waals surface area (Å²) in [6.45, 7) is 0.717. The highest BCUT2D eigenvalue weighted by Crippen LogP contribution is 2.17. The molecule has 0 aliphatic carbocycles. The number of nitrogens with one attached hydrogen (secondary N) is 2. The van der Waals surface area contributed by atoms with Gasteiger partial charge in [-0.05, 0) is 17.7 Å². The SMILES string of the molecule is COCC(=O)NCCNC(=O)c1ccc(-c2cncnc2)cc1. The molecule has 0 bridgehead atoms. The summed E-state index contributed by atoms with van der Waals surface area (Å²) in [4.78, 5) is 31.1. The maximum absolute atomic E-state index is 12.0. The topological polar surface area (TPSA) is 93.2 Å². The van der Waals surface area contributed by atoms with Crippen molar-refractivity contribution in [1.29, 1.82) is 0 Å². The zero-order chi connectivity index (χ0) is 16.5. The maximum Gasteiger partial charge on any atom is 0.251 e. The number of carbonyl (C=O) groups excluding carboxylic acids is 2. The number of methoxy groups -OCH3 is 1. The van der Waals surface area contributed by atoms with Gasteiger partial charge in [-0.25, -0.2) is 9.97 Å². The summed E-state index contributed by atoms with van der Waals surface area (Å²) in [7, 11) is 1.45. The van der Waals surface area contributed by atoms with Crippen molar-refractivity contribution >= 4 is 11.8 Å². The van der Waals surface area contributed by atoms with Crippen LogP contribution in [0.25, 0.3) is 11.1 Å². The molecular weight excluding hydrogens is 296 g/mol. The van der Waals surface area contributed by atoms with Gasteiger partial charge in [0.15, 0.2) is 0 Å². The van der Waals surface area contributed by atoms with Crippen LogP contribution in [0.1, 0.15) is 10.4 Å². The Kier molecular flexibility index (Phi) is 6.19. The zero-order valence-corrected chi connectivity index (χ0v) is 12.8. The minimum Gasteiger partial charge on any atom is -0.375 e. The Bertz CT molecular complexity index is 644. The van der Waals surface area contributed by atoms with E-state index in [4.69, 9.17) is 4.74 Å². The van der Waals surface area contributed by atoms with Crippen molar-refractivity contribution in [2.75, 3.05) is 26.8 Å². The summed E-state index contributed by atoms with van der Waals surface area (Å²) < 4.78 is 4.69. The summed E-state index contributed by atoms with van der Waals surface area (Å²) in [6.07, 6.45) is 4.90. The summed E-state index contributed by atoms with van der Waals surface area (Å²) in [5.74, 6) is -0.405. The Labute approximate surface area is 134 Å². The van der Waals surface area contributed by atoms with Gasteiger partial charge in [0.05, 0.1) is 0 Å². The molecule has 0 fully saturated rings. The van der Waals surface area contributed by atoms with Gasteiger partial charge in [0.25, 0.3) is 5.91 Å². The molecule has 0 saturated carbocycles. The molecule has 120 valence electrons. The predicted octanol–water partition coefficient (Wildman–Crippen LogP) is 0.636. The molecule has 0 aliphatic heterocycles. The minimum atomic E-state index is -0.212. The Hall–Kier alpha value is -2.80. The van der Waals surface area contributed by atoms with E-state index in [2.05, 4.69) is 20.6 Å². The molecule has 7 nitrogen and oxygen atoms in total. The number of hydrogen-bond acceptors (Lipinski definition) is 5. The third-order valence-electron chi connectivity index (χ3n) is 3.05. The molecule has 7 heteroatoms. The number of benzene rings is 1. The molecular formula is C16H18N4O3. The van der Waals surface area contributed by atoms with E-state index in [1.807, 2.05) is 12.1 Å². The largest absolute Gasteiger partial charge is 0.375 e. The van der Waals surface area contributed by atoms with Crippen LogP contribution in [0.4, 0.5) is 0 Å². The number of hydrogen-bond donors (Lipinski definition) is 2. The van der Waals surface area contributed by atoms with Gasteiger partial charge in [0.2, 0.25) is 5.91 Å². The fraction of sp³-hybridized carbons (Fsp3) is 0.250. The number of ether oxygens (including phenoxy) is 1. The second kappa shape index (κ2) is 8.60. The average molecular weight is 314 g/mol. The van der Waals surface area contributed by atoms with E-state index < -0.39 is 0 Å².